The molecule has 0 fully saturated rings. The van der Waals surface area contributed by atoms with Crippen LogP contribution >= 0.6 is 50.2 Å². The van der Waals surface area contributed by atoms with Gasteiger partial charge in [-0.25, -0.2) is 4.98 Å². The number of nitrogens with zero attached hydrogens (tertiary/aromatic N) is 1. The normalized spacial score (nSPS) is 10.8. The molecule has 0 bridgehead atoms. The molecule has 0 saturated heterocycles. The van der Waals surface area contributed by atoms with Crippen molar-refractivity contribution >= 4 is 71.3 Å². The van der Waals surface area contributed by atoms with Crippen LogP contribution in [0.4, 0.5) is 5.13 Å². The summed E-state index contributed by atoms with van der Waals surface area (Å²) in [6, 6.07) is 5.76. The fraction of sp³-hybridized carbons (Fsp3) is 0. The molecule has 7 heteroatoms. The van der Waals surface area contributed by atoms with E-state index in [0.29, 0.717) is 15.0 Å². The summed E-state index contributed by atoms with van der Waals surface area (Å²) in [5.74, 6) is -0.225. The van der Waals surface area contributed by atoms with Crippen molar-refractivity contribution in [2.24, 2.45) is 0 Å². The third kappa shape index (κ3) is 2.53. The molecular formula is C12H6BrClN2OS2. The van der Waals surface area contributed by atoms with Crippen molar-refractivity contribution in [3.05, 3.63) is 44.1 Å². The molecule has 0 radical (unpaired) electrons. The molecule has 0 unspecified atom stereocenters. The molecule has 96 valence electrons. The quantitative estimate of drug-likeness (QED) is 0.685. The first-order valence-corrected chi connectivity index (χ1v) is 8.10. The first kappa shape index (κ1) is 13.1. The fourth-order valence-corrected chi connectivity index (χ4v) is 4.11. The number of amides is 1. The van der Waals surface area contributed by atoms with Crippen molar-refractivity contribution in [1.82, 2.24) is 4.98 Å². The molecule has 3 aromatic rings. The van der Waals surface area contributed by atoms with Gasteiger partial charge in [0, 0.05) is 26.1 Å². The Morgan fingerprint density at radius 2 is 2.26 bits per heavy atom. The zero-order chi connectivity index (χ0) is 13.4. The SMILES string of the molecule is O=C(Nc1nccs1)c1sc2cc(Br)ccc2c1Cl. The summed E-state index contributed by atoms with van der Waals surface area (Å²) >= 11 is 12.4. The molecule has 0 aliphatic carbocycles. The number of anilines is 1. The van der Waals surface area contributed by atoms with Gasteiger partial charge < -0.3 is 0 Å². The van der Waals surface area contributed by atoms with Crippen LogP contribution in [0.25, 0.3) is 10.1 Å². The van der Waals surface area contributed by atoms with Crippen molar-refractivity contribution < 1.29 is 4.79 Å². The highest BCUT2D eigenvalue weighted by atomic mass is 79.9. The maximum atomic E-state index is 12.2. The van der Waals surface area contributed by atoms with Crippen molar-refractivity contribution in [1.29, 1.82) is 0 Å². The Morgan fingerprint density at radius 1 is 1.42 bits per heavy atom. The van der Waals surface area contributed by atoms with Crippen LogP contribution in [0.5, 0.6) is 0 Å². The van der Waals surface area contributed by atoms with Crippen LogP contribution in [0.1, 0.15) is 9.67 Å². The number of hydrogen-bond acceptors (Lipinski definition) is 4. The van der Waals surface area contributed by atoms with Crippen molar-refractivity contribution in [2.75, 3.05) is 5.32 Å². The molecule has 0 atom stereocenters. The smallest absolute Gasteiger partial charge is 0.269 e. The second-order valence-electron chi connectivity index (χ2n) is 3.68. The van der Waals surface area contributed by atoms with Crippen LogP contribution in [-0.2, 0) is 0 Å². The average molecular weight is 374 g/mol. The summed E-state index contributed by atoms with van der Waals surface area (Å²) in [6.45, 7) is 0. The molecule has 1 amide bonds. The number of nitrogens with one attached hydrogen (secondary N) is 1. The number of halogens is 2. The summed E-state index contributed by atoms with van der Waals surface area (Å²) < 4.78 is 1.94. The van der Waals surface area contributed by atoms with Crippen LogP contribution in [0, 0.1) is 0 Å². The van der Waals surface area contributed by atoms with Gasteiger partial charge in [-0.3, -0.25) is 10.1 Å². The number of aromatic nitrogens is 1. The largest absolute Gasteiger partial charge is 0.297 e. The highest BCUT2D eigenvalue weighted by molar-refractivity contribution is 9.10. The van der Waals surface area contributed by atoms with Crippen molar-refractivity contribution in [2.45, 2.75) is 0 Å². The van der Waals surface area contributed by atoms with Crippen molar-refractivity contribution in [3.63, 3.8) is 0 Å². The van der Waals surface area contributed by atoms with Gasteiger partial charge in [-0.15, -0.1) is 22.7 Å². The predicted molar refractivity (Wildman–Crippen MR) is 84.6 cm³/mol. The van der Waals surface area contributed by atoms with Gasteiger partial charge in [0.2, 0.25) is 0 Å². The first-order valence-electron chi connectivity index (χ1n) is 5.23. The lowest BCUT2D eigenvalue weighted by Crippen LogP contribution is -2.10. The van der Waals surface area contributed by atoms with E-state index in [2.05, 4.69) is 26.2 Å². The molecule has 0 spiro atoms. The Morgan fingerprint density at radius 3 is 3.00 bits per heavy atom. The summed E-state index contributed by atoms with van der Waals surface area (Å²) in [5, 5.41) is 6.49. The van der Waals surface area contributed by atoms with E-state index in [1.807, 2.05) is 18.2 Å². The maximum Gasteiger partial charge on any atom is 0.269 e. The summed E-state index contributed by atoms with van der Waals surface area (Å²) in [4.78, 5) is 16.7. The Labute approximate surface area is 130 Å². The zero-order valence-corrected chi connectivity index (χ0v) is 13.3. The zero-order valence-electron chi connectivity index (χ0n) is 9.31. The number of carbonyl (C=O) groups excluding carboxylic acids is 1. The number of carbonyl (C=O) groups is 1. The van der Waals surface area contributed by atoms with Gasteiger partial charge >= 0.3 is 0 Å². The van der Waals surface area contributed by atoms with E-state index >= 15 is 0 Å². The lowest BCUT2D eigenvalue weighted by Gasteiger charge is -1.98. The monoisotopic (exact) mass is 372 g/mol. The van der Waals surface area contributed by atoms with Gasteiger partial charge in [0.15, 0.2) is 5.13 Å². The van der Waals surface area contributed by atoms with Crippen LogP contribution in [0.2, 0.25) is 5.02 Å². The topological polar surface area (TPSA) is 42.0 Å². The minimum absolute atomic E-state index is 0.225. The van der Waals surface area contributed by atoms with Crippen LogP contribution < -0.4 is 5.32 Å². The predicted octanol–water partition coefficient (Wildman–Crippen LogP) is 5.03. The minimum Gasteiger partial charge on any atom is -0.297 e. The number of hydrogen-bond donors (Lipinski definition) is 1. The molecule has 2 aromatic heterocycles. The van der Waals surface area contributed by atoms with Crippen LogP contribution in [0.3, 0.4) is 0 Å². The molecule has 0 aliphatic rings. The van der Waals surface area contributed by atoms with Gasteiger partial charge in [-0.2, -0.15) is 0 Å². The Balaban J connectivity index is 2.00. The van der Waals surface area contributed by atoms with E-state index in [0.717, 1.165) is 14.6 Å². The molecule has 0 saturated carbocycles. The van der Waals surface area contributed by atoms with E-state index < -0.39 is 0 Å². The van der Waals surface area contributed by atoms with E-state index in [1.165, 1.54) is 22.7 Å². The summed E-state index contributed by atoms with van der Waals surface area (Å²) in [6.07, 6.45) is 1.64. The Hall–Kier alpha value is -0.950. The molecule has 0 aliphatic heterocycles. The maximum absolute atomic E-state index is 12.2. The lowest BCUT2D eigenvalue weighted by atomic mass is 10.2. The molecule has 1 N–H and O–H groups in total. The number of rotatable bonds is 2. The third-order valence-electron chi connectivity index (χ3n) is 2.45. The summed E-state index contributed by atoms with van der Waals surface area (Å²) in [7, 11) is 0. The molecule has 19 heavy (non-hydrogen) atoms. The van der Waals surface area contributed by atoms with Gasteiger partial charge in [-0.05, 0) is 12.1 Å². The van der Waals surface area contributed by atoms with Gasteiger partial charge in [-0.1, -0.05) is 33.6 Å². The second kappa shape index (κ2) is 5.20. The highest BCUT2D eigenvalue weighted by Crippen LogP contribution is 2.37. The minimum atomic E-state index is -0.225. The Bertz CT molecular complexity index is 755. The highest BCUT2D eigenvalue weighted by Gasteiger charge is 2.17. The number of fused-ring (bicyclic) bond motifs is 1. The Kier molecular flexibility index (Phi) is 3.58. The molecule has 1 aromatic carbocycles. The third-order valence-corrected chi connectivity index (χ3v) is 5.29. The number of thiophene rings is 1. The van der Waals surface area contributed by atoms with E-state index in [-0.39, 0.29) is 5.91 Å². The summed E-state index contributed by atoms with van der Waals surface area (Å²) in [5.41, 5.74) is 0. The molecule has 3 nitrogen and oxygen atoms in total. The lowest BCUT2D eigenvalue weighted by molar-refractivity contribution is 0.103. The standard InChI is InChI=1S/C12H6BrClN2OS2/c13-6-1-2-7-8(5-6)19-10(9(7)14)11(17)16-12-15-3-4-18-12/h1-5H,(H,15,16,17). The average Bonchev–Trinajstić information content (AvgIpc) is 2.97. The van der Waals surface area contributed by atoms with Crippen LogP contribution in [0.15, 0.2) is 34.2 Å². The van der Waals surface area contributed by atoms with Crippen LogP contribution in [-0.4, -0.2) is 10.9 Å². The first-order chi connectivity index (χ1) is 9.15. The van der Waals surface area contributed by atoms with Gasteiger partial charge in [0.05, 0.1) is 5.02 Å². The molecule has 3 rings (SSSR count). The second-order valence-corrected chi connectivity index (χ2v) is 6.92. The van der Waals surface area contributed by atoms with Gasteiger partial charge in [0.25, 0.3) is 5.91 Å². The van der Waals surface area contributed by atoms with E-state index in [1.54, 1.807) is 11.6 Å². The number of benzene rings is 1. The number of thiazole rings is 1. The van der Waals surface area contributed by atoms with E-state index in [4.69, 9.17) is 11.6 Å². The van der Waals surface area contributed by atoms with Gasteiger partial charge in [0.1, 0.15) is 4.88 Å². The fourth-order valence-electron chi connectivity index (χ4n) is 1.62. The van der Waals surface area contributed by atoms with E-state index in [9.17, 15) is 4.79 Å². The van der Waals surface area contributed by atoms with Crippen molar-refractivity contribution in [3.8, 4) is 0 Å². The molecular weight excluding hydrogens is 368 g/mol. The molecule has 2 heterocycles.